The van der Waals surface area contributed by atoms with E-state index in [1.54, 1.807) is 25.2 Å². The summed E-state index contributed by atoms with van der Waals surface area (Å²) < 4.78 is 26.6. The smallest absolute Gasteiger partial charge is 0.214 e. The maximum atomic E-state index is 12.1. The molecule has 3 rings (SSSR count). The van der Waals surface area contributed by atoms with Gasteiger partial charge >= 0.3 is 0 Å². The number of hydrogen-bond donors (Lipinski definition) is 1. The molecule has 7 nitrogen and oxygen atoms in total. The third-order valence-corrected chi connectivity index (χ3v) is 5.34. The molecule has 0 unspecified atom stereocenters. The molecule has 0 saturated carbocycles. The third-order valence-electron chi connectivity index (χ3n) is 3.92. The van der Waals surface area contributed by atoms with Gasteiger partial charge in [-0.05, 0) is 48.9 Å². The van der Waals surface area contributed by atoms with Crippen molar-refractivity contribution in [3.8, 4) is 11.4 Å². The van der Waals surface area contributed by atoms with Gasteiger partial charge in [0.05, 0.1) is 11.9 Å². The molecule has 0 atom stereocenters. The predicted octanol–water partition coefficient (Wildman–Crippen LogP) is 1.68. The topological polar surface area (TPSA) is 89.8 Å². The molecule has 0 amide bonds. The second kappa shape index (κ2) is 6.73. The lowest BCUT2D eigenvalue weighted by Gasteiger charge is -2.10. The van der Waals surface area contributed by atoms with E-state index >= 15 is 0 Å². The minimum absolute atomic E-state index is 0.171. The maximum Gasteiger partial charge on any atom is 0.240 e. The van der Waals surface area contributed by atoms with Gasteiger partial charge in [-0.2, -0.15) is 4.80 Å². The summed E-state index contributed by atoms with van der Waals surface area (Å²) in [5.74, 6) is 0.401. The Labute approximate surface area is 146 Å². The van der Waals surface area contributed by atoms with Gasteiger partial charge in [-0.3, -0.25) is 0 Å². The lowest BCUT2D eigenvalue weighted by Crippen LogP contribution is -2.18. The molecule has 8 heteroatoms. The highest BCUT2D eigenvalue weighted by atomic mass is 32.2. The molecule has 0 radical (unpaired) electrons. The number of tetrazole rings is 1. The number of hydrogen-bond acceptors (Lipinski definition) is 5. The Bertz CT molecular complexity index is 994. The third kappa shape index (κ3) is 3.75. The van der Waals surface area contributed by atoms with E-state index < -0.39 is 10.0 Å². The first kappa shape index (κ1) is 17.2. The number of nitrogens with one attached hydrogen (secondary N) is 1. The van der Waals surface area contributed by atoms with Crippen LogP contribution in [0.3, 0.4) is 0 Å². The zero-order valence-electron chi connectivity index (χ0n) is 14.3. The molecule has 1 N–H and O–H groups in total. The van der Waals surface area contributed by atoms with Gasteiger partial charge in [-0.15, -0.1) is 10.2 Å². The predicted molar refractivity (Wildman–Crippen MR) is 94.5 cm³/mol. The molecule has 130 valence electrons. The van der Waals surface area contributed by atoms with Crippen molar-refractivity contribution in [3.63, 3.8) is 0 Å². The van der Waals surface area contributed by atoms with Crippen LogP contribution in [0, 0.1) is 6.92 Å². The molecule has 0 aliphatic heterocycles. The molecule has 0 aliphatic carbocycles. The number of benzene rings is 2. The Kier molecular flexibility index (Phi) is 4.65. The number of aryl methyl sites for hydroxylation is 2. The first-order chi connectivity index (χ1) is 11.9. The van der Waals surface area contributed by atoms with Gasteiger partial charge in [-0.1, -0.05) is 35.9 Å². The van der Waals surface area contributed by atoms with E-state index in [0.717, 1.165) is 11.1 Å². The summed E-state index contributed by atoms with van der Waals surface area (Å²) in [5.41, 5.74) is 3.91. The summed E-state index contributed by atoms with van der Waals surface area (Å²) in [6, 6.07) is 13.2. The first-order valence-corrected chi connectivity index (χ1v) is 9.24. The van der Waals surface area contributed by atoms with Crippen LogP contribution in [0.15, 0.2) is 47.4 Å². The van der Waals surface area contributed by atoms with Crippen molar-refractivity contribution in [1.82, 2.24) is 24.9 Å². The van der Waals surface area contributed by atoms with Crippen LogP contribution in [-0.4, -0.2) is 35.7 Å². The van der Waals surface area contributed by atoms with Crippen LogP contribution in [0.25, 0.3) is 11.4 Å². The summed E-state index contributed by atoms with van der Waals surface area (Å²) in [6.45, 7) is 2.04. The van der Waals surface area contributed by atoms with Crippen molar-refractivity contribution in [2.45, 2.75) is 18.2 Å². The molecule has 1 heterocycles. The van der Waals surface area contributed by atoms with Crippen molar-refractivity contribution in [1.29, 1.82) is 0 Å². The van der Waals surface area contributed by atoms with Gasteiger partial charge in [-0.25, -0.2) is 13.1 Å². The SMILES string of the molecule is CNS(=O)(=O)c1ccc(Cc2ccc(C)cc2)c(-c2nnn(C)n2)c1. The summed E-state index contributed by atoms with van der Waals surface area (Å²) in [6.07, 6.45) is 0.647. The highest BCUT2D eigenvalue weighted by Gasteiger charge is 2.17. The molecule has 0 bridgehead atoms. The Morgan fingerprint density at radius 1 is 1.12 bits per heavy atom. The summed E-state index contributed by atoms with van der Waals surface area (Å²) in [5, 5.41) is 12.1. The van der Waals surface area contributed by atoms with E-state index in [4.69, 9.17) is 0 Å². The fourth-order valence-electron chi connectivity index (χ4n) is 2.52. The van der Waals surface area contributed by atoms with Crippen molar-refractivity contribution in [3.05, 3.63) is 59.2 Å². The second-order valence-corrected chi connectivity index (χ2v) is 7.68. The lowest BCUT2D eigenvalue weighted by molar-refractivity contribution is 0.588. The molecular formula is C17H19N5O2S. The minimum atomic E-state index is -3.55. The summed E-state index contributed by atoms with van der Waals surface area (Å²) in [7, 11) is -0.494. The highest BCUT2D eigenvalue weighted by molar-refractivity contribution is 7.89. The fraction of sp³-hybridized carbons (Fsp3) is 0.235. The Balaban J connectivity index is 2.09. The van der Waals surface area contributed by atoms with E-state index in [1.165, 1.54) is 17.4 Å². The quantitative estimate of drug-likeness (QED) is 0.750. The van der Waals surface area contributed by atoms with E-state index in [1.807, 2.05) is 6.92 Å². The van der Waals surface area contributed by atoms with Crippen LogP contribution in [0.4, 0.5) is 0 Å². The Hall–Kier alpha value is -2.58. The molecule has 0 spiro atoms. The minimum Gasteiger partial charge on any atom is -0.214 e. The van der Waals surface area contributed by atoms with Gasteiger partial charge < -0.3 is 0 Å². The molecule has 2 aromatic carbocycles. The van der Waals surface area contributed by atoms with Crippen molar-refractivity contribution >= 4 is 10.0 Å². The van der Waals surface area contributed by atoms with E-state index in [-0.39, 0.29) is 4.90 Å². The zero-order valence-corrected chi connectivity index (χ0v) is 15.1. The first-order valence-electron chi connectivity index (χ1n) is 7.75. The van der Waals surface area contributed by atoms with Gasteiger partial charge in [0.1, 0.15) is 0 Å². The van der Waals surface area contributed by atoms with Crippen LogP contribution in [0.5, 0.6) is 0 Å². The highest BCUT2D eigenvalue weighted by Crippen LogP contribution is 2.26. The van der Waals surface area contributed by atoms with Gasteiger partial charge in [0.25, 0.3) is 0 Å². The maximum absolute atomic E-state index is 12.1. The van der Waals surface area contributed by atoms with E-state index in [2.05, 4.69) is 44.4 Å². The number of sulfonamides is 1. The zero-order chi connectivity index (χ0) is 18.0. The second-order valence-electron chi connectivity index (χ2n) is 5.79. The summed E-state index contributed by atoms with van der Waals surface area (Å²) >= 11 is 0. The molecule has 0 fully saturated rings. The van der Waals surface area contributed by atoms with Crippen LogP contribution >= 0.6 is 0 Å². The van der Waals surface area contributed by atoms with Crippen molar-refractivity contribution < 1.29 is 8.42 Å². The number of nitrogens with zero attached hydrogens (tertiary/aromatic N) is 4. The summed E-state index contributed by atoms with van der Waals surface area (Å²) in [4.78, 5) is 1.52. The van der Waals surface area contributed by atoms with Crippen LogP contribution in [0.2, 0.25) is 0 Å². The van der Waals surface area contributed by atoms with E-state index in [9.17, 15) is 8.42 Å². The molecule has 25 heavy (non-hydrogen) atoms. The normalized spacial score (nSPS) is 11.6. The van der Waals surface area contributed by atoms with Gasteiger partial charge in [0.2, 0.25) is 15.8 Å². The average molecular weight is 357 g/mol. The largest absolute Gasteiger partial charge is 0.240 e. The van der Waals surface area contributed by atoms with Crippen LogP contribution in [-0.2, 0) is 23.5 Å². The van der Waals surface area contributed by atoms with E-state index in [0.29, 0.717) is 17.8 Å². The van der Waals surface area contributed by atoms with Gasteiger partial charge in [0.15, 0.2) is 0 Å². The van der Waals surface area contributed by atoms with Crippen LogP contribution in [0.1, 0.15) is 16.7 Å². The van der Waals surface area contributed by atoms with Crippen molar-refractivity contribution in [2.75, 3.05) is 7.05 Å². The van der Waals surface area contributed by atoms with Gasteiger partial charge in [0, 0.05) is 5.56 Å². The van der Waals surface area contributed by atoms with Crippen LogP contribution < -0.4 is 4.72 Å². The van der Waals surface area contributed by atoms with Crippen molar-refractivity contribution in [2.24, 2.45) is 7.05 Å². The monoisotopic (exact) mass is 357 g/mol. The average Bonchev–Trinajstić information content (AvgIpc) is 3.03. The molecule has 1 aromatic heterocycles. The molecule has 3 aromatic rings. The molecule has 0 aliphatic rings. The Morgan fingerprint density at radius 2 is 1.84 bits per heavy atom. The fourth-order valence-corrected chi connectivity index (χ4v) is 3.28. The Morgan fingerprint density at radius 3 is 2.44 bits per heavy atom. The molecule has 0 saturated heterocycles. The lowest BCUT2D eigenvalue weighted by atomic mass is 9.99. The number of rotatable bonds is 5. The number of aromatic nitrogens is 4. The molecular weight excluding hydrogens is 338 g/mol. The standard InChI is InChI=1S/C17H19N5O2S/c1-12-4-6-13(7-5-12)10-14-8-9-15(25(23,24)18-2)11-16(14)17-19-21-22(3)20-17/h4-9,11,18H,10H2,1-3H3.